The third-order valence-electron chi connectivity index (χ3n) is 25.8. The Hall–Kier alpha value is -14.8. The van der Waals surface area contributed by atoms with Crippen molar-refractivity contribution in [1.82, 2.24) is 19.9 Å². The third kappa shape index (κ3) is 13.4. The molecule has 0 saturated carbocycles. The van der Waals surface area contributed by atoms with E-state index in [1.165, 1.54) is 162 Å². The first-order chi connectivity index (χ1) is 63.1. The fourth-order valence-electron chi connectivity index (χ4n) is 19.2. The molecule has 1 aliphatic carbocycles. The molecule has 0 atom stereocenters. The van der Waals surface area contributed by atoms with Gasteiger partial charge in [-0.15, -0.1) is 56.7 Å². The van der Waals surface area contributed by atoms with Gasteiger partial charge < -0.3 is 0 Å². The molecule has 0 radical (unpaired) electrons. The normalized spacial score (nSPS) is 12.4. The Morgan fingerprint density at radius 3 is 0.812 bits per heavy atom. The van der Waals surface area contributed by atoms with Crippen molar-refractivity contribution in [3.05, 3.63) is 424 Å². The van der Waals surface area contributed by atoms with Crippen LogP contribution in [0.2, 0.25) is 0 Å². The van der Waals surface area contributed by atoms with Crippen molar-refractivity contribution in [2.45, 2.75) is 19.3 Å². The standard InChI is InChI=1S/C61H40N2S2.C58H34N2S3/c1-61(2)52-17-9-6-14-46(52)47-27-24-42(35-53(47)61)37-20-22-38(23-21-37)54-36-55(63-60(62-54)39-12-4-3-5-13-39)45-31-43(40-25-28-58-50(33-40)48-15-7-10-18-56(48)64-58)30-44(32-45)41-26-29-59-51(34-41)49-16-8-11-19-57(49)65-59;1-2-11-35(12-3-1)58-59-50(40-14-10-13-36(27-40)37-21-24-55-47(31-37)44-15-4-7-18-52(44)61-55)34-51(60-58)43-29-41(38-22-25-56-48(32-38)45-16-5-8-19-53(45)62-56)28-42(30-43)39-23-26-57-49(33-39)46-17-6-9-20-54(46)63-57/h3-36H,1-2H3;1-34H. The molecule has 0 aliphatic heterocycles. The largest absolute Gasteiger partial charge is 0.228 e. The zero-order chi connectivity index (χ0) is 84.7. The second-order valence-corrected chi connectivity index (χ2v) is 39.3. The molecule has 128 heavy (non-hydrogen) atoms. The Morgan fingerprint density at radius 2 is 0.414 bits per heavy atom. The number of fused-ring (bicyclic) bond motifs is 18. The summed E-state index contributed by atoms with van der Waals surface area (Å²) in [5.74, 6) is 1.40. The van der Waals surface area contributed by atoms with Crippen LogP contribution in [-0.4, -0.2) is 19.9 Å². The Bertz CT molecular complexity index is 8540. The Balaban J connectivity index is 0.000000139. The number of hydrogen-bond acceptors (Lipinski definition) is 9. The van der Waals surface area contributed by atoms with Crippen molar-refractivity contribution in [2.75, 3.05) is 0 Å². The summed E-state index contributed by atoms with van der Waals surface area (Å²) >= 11 is 9.26. The first-order valence-electron chi connectivity index (χ1n) is 43.3. The maximum absolute atomic E-state index is 5.37. The van der Waals surface area contributed by atoms with Gasteiger partial charge in [0.15, 0.2) is 11.6 Å². The zero-order valence-electron chi connectivity index (χ0n) is 69.6. The Kier molecular flexibility index (Phi) is 18.2. The predicted molar refractivity (Wildman–Crippen MR) is 551 cm³/mol. The van der Waals surface area contributed by atoms with E-state index in [0.29, 0.717) is 11.6 Å². The van der Waals surface area contributed by atoms with Crippen LogP contribution < -0.4 is 0 Å². The summed E-state index contributed by atoms with van der Waals surface area (Å²) in [5.41, 5.74) is 29.1. The summed E-state index contributed by atoms with van der Waals surface area (Å²) in [7, 11) is 0. The molecule has 1 aliphatic rings. The molecule has 0 spiro atoms. The van der Waals surface area contributed by atoms with Crippen LogP contribution in [0.1, 0.15) is 25.0 Å². The van der Waals surface area contributed by atoms with Gasteiger partial charge in [0.05, 0.1) is 22.8 Å². The quantitative estimate of drug-likeness (QED) is 0.122. The van der Waals surface area contributed by atoms with E-state index in [1.807, 2.05) is 68.8 Å². The topological polar surface area (TPSA) is 51.6 Å². The van der Waals surface area contributed by atoms with Crippen molar-refractivity contribution in [2.24, 2.45) is 0 Å². The first kappa shape index (κ1) is 75.7. The highest BCUT2D eigenvalue weighted by molar-refractivity contribution is 7.27. The van der Waals surface area contributed by atoms with Gasteiger partial charge in [0, 0.05) is 140 Å². The van der Waals surface area contributed by atoms with Crippen LogP contribution in [0.5, 0.6) is 0 Å². The minimum Gasteiger partial charge on any atom is -0.228 e. The minimum atomic E-state index is -0.0552. The van der Waals surface area contributed by atoms with Crippen molar-refractivity contribution >= 4 is 158 Å². The predicted octanol–water partition coefficient (Wildman–Crippen LogP) is 35.1. The third-order valence-corrected chi connectivity index (χ3v) is 31.5. The molecular weight excluding hydrogens is 1650 g/mol. The highest BCUT2D eigenvalue weighted by atomic mass is 32.1. The van der Waals surface area contributed by atoms with E-state index in [0.717, 1.165) is 84.0 Å². The second kappa shape index (κ2) is 30.8. The van der Waals surface area contributed by atoms with Gasteiger partial charge in [-0.2, -0.15) is 0 Å². The van der Waals surface area contributed by atoms with Gasteiger partial charge in [-0.05, 0) is 241 Å². The first-order valence-corrected chi connectivity index (χ1v) is 47.4. The highest BCUT2D eigenvalue weighted by Gasteiger charge is 2.35. The smallest absolute Gasteiger partial charge is 0.160 e. The van der Waals surface area contributed by atoms with E-state index in [2.05, 4.69) is 414 Å². The van der Waals surface area contributed by atoms with Gasteiger partial charge in [0.1, 0.15) is 0 Å². The van der Waals surface area contributed by atoms with E-state index in [4.69, 9.17) is 19.9 Å². The van der Waals surface area contributed by atoms with Crippen molar-refractivity contribution in [3.63, 3.8) is 0 Å². The van der Waals surface area contributed by atoms with Crippen LogP contribution in [0.15, 0.2) is 413 Å². The van der Waals surface area contributed by atoms with Gasteiger partial charge in [-0.3, -0.25) is 0 Å². The highest BCUT2D eigenvalue weighted by Crippen LogP contribution is 2.51. The molecule has 0 bridgehead atoms. The summed E-state index contributed by atoms with van der Waals surface area (Å²) < 4.78 is 13.0. The Labute approximate surface area is 759 Å². The Morgan fingerprint density at radius 1 is 0.156 bits per heavy atom. The average Bonchev–Trinajstić information content (AvgIpc) is 1.59. The van der Waals surface area contributed by atoms with E-state index in [-0.39, 0.29) is 5.41 Å². The van der Waals surface area contributed by atoms with Crippen molar-refractivity contribution in [1.29, 1.82) is 0 Å². The van der Waals surface area contributed by atoms with Gasteiger partial charge in [-0.25, -0.2) is 19.9 Å². The molecule has 600 valence electrons. The van der Waals surface area contributed by atoms with Crippen molar-refractivity contribution < 1.29 is 0 Å². The number of benzene rings is 18. The van der Waals surface area contributed by atoms with Gasteiger partial charge >= 0.3 is 0 Å². The summed E-state index contributed by atoms with van der Waals surface area (Å²) in [6.45, 7) is 4.68. The molecule has 18 aromatic carbocycles. The lowest BCUT2D eigenvalue weighted by molar-refractivity contribution is 0.660. The molecule has 0 N–H and O–H groups in total. The van der Waals surface area contributed by atoms with Crippen LogP contribution in [0, 0.1) is 0 Å². The molecule has 0 amide bonds. The number of nitrogens with zero attached hydrogens (tertiary/aromatic N) is 4. The lowest BCUT2D eigenvalue weighted by Gasteiger charge is -2.22. The summed E-state index contributed by atoms with van der Waals surface area (Å²) in [5, 5.41) is 12.9. The van der Waals surface area contributed by atoms with Crippen LogP contribution >= 0.6 is 56.7 Å². The lowest BCUT2D eigenvalue weighted by atomic mass is 9.81. The number of rotatable bonds is 12. The van der Waals surface area contributed by atoms with Crippen LogP contribution in [0.3, 0.4) is 0 Å². The molecule has 4 nitrogen and oxygen atoms in total. The molecule has 0 saturated heterocycles. The molecular formula is C119H74N4S5. The molecule has 0 unspecified atom stereocenters. The monoisotopic (exact) mass is 1720 g/mol. The number of aromatic nitrogens is 4. The van der Waals surface area contributed by atoms with Crippen LogP contribution in [0.4, 0.5) is 0 Å². The molecule has 9 heteroatoms. The molecule has 0 fully saturated rings. The van der Waals surface area contributed by atoms with Gasteiger partial charge in [0.25, 0.3) is 0 Å². The zero-order valence-corrected chi connectivity index (χ0v) is 73.7. The fraction of sp³-hybridized carbons (Fsp3) is 0.0252. The van der Waals surface area contributed by atoms with E-state index in [1.54, 1.807) is 0 Å². The molecule has 7 heterocycles. The van der Waals surface area contributed by atoms with Crippen LogP contribution in [0.25, 0.3) is 247 Å². The number of hydrogen-bond donors (Lipinski definition) is 0. The van der Waals surface area contributed by atoms with E-state index >= 15 is 0 Å². The number of thiophene rings is 5. The summed E-state index contributed by atoms with van der Waals surface area (Å²) in [6.07, 6.45) is 0. The van der Waals surface area contributed by atoms with Gasteiger partial charge in [-0.1, -0.05) is 275 Å². The van der Waals surface area contributed by atoms with Crippen molar-refractivity contribution in [3.8, 4) is 146 Å². The van der Waals surface area contributed by atoms with Crippen LogP contribution in [-0.2, 0) is 5.41 Å². The second-order valence-electron chi connectivity index (χ2n) is 33.9. The maximum atomic E-state index is 5.37. The summed E-state index contributed by atoms with van der Waals surface area (Å²) in [6, 6.07) is 151. The summed E-state index contributed by atoms with van der Waals surface area (Å²) in [4.78, 5) is 21.3. The average molecular weight is 1720 g/mol. The molecule has 26 rings (SSSR count). The molecule has 25 aromatic rings. The van der Waals surface area contributed by atoms with E-state index < -0.39 is 0 Å². The van der Waals surface area contributed by atoms with E-state index in [9.17, 15) is 0 Å². The fourth-order valence-corrected chi connectivity index (χ4v) is 24.7. The SMILES string of the molecule is CC1(C)c2ccccc2-c2ccc(-c3ccc(-c4cc(-c5cc(-c6ccc7sc8ccccc8c7c6)cc(-c6ccc7sc8ccccc8c7c6)c5)nc(-c5ccccc5)n4)cc3)cc21.c1ccc(-c2nc(-c3cccc(-c4ccc5sc6ccccc6c5c4)c3)cc(-c3cc(-c4ccc5sc6ccccc6c5c4)cc(-c4ccc5sc6ccccc6c5c4)c3)n2)cc1. The maximum Gasteiger partial charge on any atom is 0.160 e. The molecule has 7 aromatic heterocycles. The lowest BCUT2D eigenvalue weighted by Crippen LogP contribution is -2.14. The minimum absolute atomic E-state index is 0.0552. The van der Waals surface area contributed by atoms with Gasteiger partial charge in [0.2, 0.25) is 0 Å².